The average Bonchev–Trinajstić information content (AvgIpc) is 3.33. The van der Waals surface area contributed by atoms with Crippen LogP contribution in [0.4, 0.5) is 34.1 Å². The molecular formula is C59H55BN2. The van der Waals surface area contributed by atoms with Crippen LogP contribution in [0.2, 0.25) is 0 Å². The topological polar surface area (TPSA) is 6.48 Å². The van der Waals surface area contributed by atoms with Gasteiger partial charge in [0.05, 0.1) is 11.4 Å². The molecule has 7 aromatic rings. The van der Waals surface area contributed by atoms with E-state index in [0.717, 1.165) is 0 Å². The number of benzene rings is 7. The summed E-state index contributed by atoms with van der Waals surface area (Å²) in [7, 11) is 0. The number of nitrogens with zero attached hydrogens (tertiary/aromatic N) is 2. The minimum absolute atomic E-state index is 0.0798. The van der Waals surface area contributed by atoms with E-state index in [4.69, 9.17) is 0 Å². The second-order valence-corrected chi connectivity index (χ2v) is 19.4. The average molecular weight is 803 g/mol. The summed E-state index contributed by atoms with van der Waals surface area (Å²) in [5.74, 6) is 0. The van der Waals surface area contributed by atoms with Crippen molar-refractivity contribution in [1.82, 2.24) is 0 Å². The molecule has 0 bridgehead atoms. The first-order valence-electron chi connectivity index (χ1n) is 24.1. The molecule has 0 fully saturated rings. The van der Waals surface area contributed by atoms with Gasteiger partial charge in [-0.05, 0) is 223 Å². The van der Waals surface area contributed by atoms with E-state index in [9.17, 15) is 0 Å². The standard InChI is InChI=1S/C59H55BN2/c1-38-32-55-57-56(33-38)62(59-49-26-14-10-22-45(49)35-46-23-11-15-27-50(46)59)54-31-29-42(40-18-6-3-7-19-40)37-52(54)60(57)51-36-41(39-16-4-2-5-17-39)28-30-53(51)61(55)58-47-24-12-8-20-43(47)34-44-21-9-13-25-48(44)58/h2-7,16-19,28-37H,8-15,20-27H2,1H3. The van der Waals surface area contributed by atoms with Crippen molar-refractivity contribution in [2.24, 2.45) is 0 Å². The second kappa shape index (κ2) is 14.7. The van der Waals surface area contributed by atoms with Crippen molar-refractivity contribution in [2.75, 3.05) is 9.80 Å². The minimum Gasteiger partial charge on any atom is -0.311 e. The molecule has 0 atom stereocenters. The summed E-state index contributed by atoms with van der Waals surface area (Å²) in [6.07, 6.45) is 19.7. The Morgan fingerprint density at radius 1 is 0.355 bits per heavy atom. The molecule has 13 rings (SSSR count). The van der Waals surface area contributed by atoms with Crippen molar-refractivity contribution in [1.29, 1.82) is 0 Å². The Bertz CT molecular complexity index is 2680. The summed E-state index contributed by atoms with van der Waals surface area (Å²) >= 11 is 0. The van der Waals surface area contributed by atoms with E-state index in [1.165, 1.54) is 181 Å². The van der Waals surface area contributed by atoms with Crippen molar-refractivity contribution in [2.45, 2.75) is 110 Å². The van der Waals surface area contributed by atoms with E-state index in [2.05, 4.69) is 138 Å². The molecule has 0 spiro atoms. The Kier molecular flexibility index (Phi) is 8.70. The first-order chi connectivity index (χ1) is 30.7. The van der Waals surface area contributed by atoms with E-state index < -0.39 is 0 Å². The van der Waals surface area contributed by atoms with Gasteiger partial charge in [0.2, 0.25) is 0 Å². The van der Waals surface area contributed by atoms with E-state index >= 15 is 0 Å². The van der Waals surface area contributed by atoms with Gasteiger partial charge in [0.15, 0.2) is 0 Å². The molecule has 4 aliphatic carbocycles. The van der Waals surface area contributed by atoms with Gasteiger partial charge < -0.3 is 9.80 Å². The molecule has 2 nitrogen and oxygen atoms in total. The smallest absolute Gasteiger partial charge is 0.252 e. The summed E-state index contributed by atoms with van der Waals surface area (Å²) in [6, 6.07) is 47.8. The number of hydrogen-bond acceptors (Lipinski definition) is 2. The highest BCUT2D eigenvalue weighted by molar-refractivity contribution is 7.00. The zero-order valence-corrected chi connectivity index (χ0v) is 36.3. The Labute approximate surface area is 368 Å². The van der Waals surface area contributed by atoms with Crippen molar-refractivity contribution >= 4 is 57.2 Å². The maximum Gasteiger partial charge on any atom is 0.252 e. The second-order valence-electron chi connectivity index (χ2n) is 19.4. The highest BCUT2D eigenvalue weighted by atomic mass is 15.2. The lowest BCUT2D eigenvalue weighted by atomic mass is 9.33. The van der Waals surface area contributed by atoms with Gasteiger partial charge in [-0.15, -0.1) is 0 Å². The summed E-state index contributed by atoms with van der Waals surface area (Å²) in [5.41, 5.74) is 32.4. The van der Waals surface area contributed by atoms with Crippen LogP contribution < -0.4 is 26.2 Å². The molecule has 2 aliphatic heterocycles. The highest BCUT2D eigenvalue weighted by Crippen LogP contribution is 2.52. The fourth-order valence-corrected chi connectivity index (χ4v) is 13.0. The SMILES string of the molecule is Cc1cc2c3c(c1)N(c1c4c(cc5c1CCCC5)CCCC4)c1ccc(-c4ccccc4)cc1B3c1cc(-c3ccccc3)ccc1N2c1c2c(cc3c1CCCC3)CCCC2. The van der Waals surface area contributed by atoms with Gasteiger partial charge in [-0.2, -0.15) is 0 Å². The van der Waals surface area contributed by atoms with Gasteiger partial charge in [-0.1, -0.05) is 97.1 Å². The molecule has 304 valence electrons. The molecule has 0 saturated heterocycles. The Hall–Kier alpha value is -5.80. The molecule has 62 heavy (non-hydrogen) atoms. The fourth-order valence-electron chi connectivity index (χ4n) is 13.0. The third kappa shape index (κ3) is 5.69. The molecule has 0 saturated carbocycles. The van der Waals surface area contributed by atoms with Crippen LogP contribution >= 0.6 is 0 Å². The van der Waals surface area contributed by atoms with Crippen LogP contribution in [0.25, 0.3) is 22.3 Å². The van der Waals surface area contributed by atoms with Crippen molar-refractivity contribution in [3.8, 4) is 22.3 Å². The zero-order chi connectivity index (χ0) is 40.9. The van der Waals surface area contributed by atoms with Gasteiger partial charge in [-0.3, -0.25) is 0 Å². The van der Waals surface area contributed by atoms with E-state index in [0.29, 0.717) is 0 Å². The molecule has 2 heterocycles. The Balaban J connectivity index is 1.16. The quantitative estimate of drug-likeness (QED) is 0.164. The largest absolute Gasteiger partial charge is 0.311 e. The normalized spacial score (nSPS) is 17.0. The van der Waals surface area contributed by atoms with Gasteiger partial charge in [-0.25, -0.2) is 0 Å². The van der Waals surface area contributed by atoms with Gasteiger partial charge in [0.1, 0.15) is 0 Å². The fraction of sp³-hybridized carbons (Fsp3) is 0.288. The number of hydrogen-bond donors (Lipinski definition) is 0. The van der Waals surface area contributed by atoms with Crippen molar-refractivity contribution in [3.05, 3.63) is 171 Å². The molecule has 0 radical (unpaired) electrons. The number of aryl methyl sites for hydroxylation is 5. The highest BCUT2D eigenvalue weighted by Gasteiger charge is 2.46. The Morgan fingerprint density at radius 2 is 0.726 bits per heavy atom. The molecule has 0 N–H and O–H groups in total. The summed E-state index contributed by atoms with van der Waals surface area (Å²) in [6.45, 7) is 2.45. The van der Waals surface area contributed by atoms with Crippen molar-refractivity contribution in [3.63, 3.8) is 0 Å². The monoisotopic (exact) mass is 802 g/mol. The van der Waals surface area contributed by atoms with Crippen LogP contribution in [-0.2, 0) is 51.4 Å². The lowest BCUT2D eigenvalue weighted by Crippen LogP contribution is -2.61. The van der Waals surface area contributed by atoms with Gasteiger partial charge in [0.25, 0.3) is 6.71 Å². The summed E-state index contributed by atoms with van der Waals surface area (Å²) in [4.78, 5) is 5.67. The lowest BCUT2D eigenvalue weighted by Gasteiger charge is -2.47. The van der Waals surface area contributed by atoms with Crippen LogP contribution in [0, 0.1) is 6.92 Å². The Morgan fingerprint density at radius 3 is 1.11 bits per heavy atom. The molecule has 0 amide bonds. The van der Waals surface area contributed by atoms with Crippen LogP contribution in [0.1, 0.15) is 101 Å². The molecule has 0 unspecified atom stereocenters. The summed E-state index contributed by atoms with van der Waals surface area (Å²) in [5, 5.41) is 0. The summed E-state index contributed by atoms with van der Waals surface area (Å²) < 4.78 is 0. The minimum atomic E-state index is 0.0798. The number of rotatable bonds is 4. The van der Waals surface area contributed by atoms with Crippen molar-refractivity contribution < 1.29 is 0 Å². The maximum absolute atomic E-state index is 2.83. The predicted octanol–water partition coefficient (Wildman–Crippen LogP) is 12.9. The molecule has 7 aromatic carbocycles. The van der Waals surface area contributed by atoms with Gasteiger partial charge >= 0.3 is 0 Å². The molecule has 6 aliphatic rings. The van der Waals surface area contributed by atoms with Crippen LogP contribution in [-0.4, -0.2) is 6.71 Å². The first kappa shape index (κ1) is 36.8. The van der Waals surface area contributed by atoms with Crippen LogP contribution in [0.3, 0.4) is 0 Å². The number of anilines is 6. The first-order valence-corrected chi connectivity index (χ1v) is 24.1. The predicted molar refractivity (Wildman–Crippen MR) is 263 cm³/mol. The van der Waals surface area contributed by atoms with Crippen LogP contribution in [0.15, 0.2) is 121 Å². The van der Waals surface area contributed by atoms with Crippen LogP contribution in [0.5, 0.6) is 0 Å². The van der Waals surface area contributed by atoms with E-state index in [-0.39, 0.29) is 6.71 Å². The molecular weight excluding hydrogens is 747 g/mol. The van der Waals surface area contributed by atoms with E-state index in [1.807, 2.05) is 0 Å². The third-order valence-corrected chi connectivity index (χ3v) is 15.8. The zero-order valence-electron chi connectivity index (χ0n) is 36.3. The van der Waals surface area contributed by atoms with E-state index in [1.54, 1.807) is 44.5 Å². The maximum atomic E-state index is 2.83. The third-order valence-electron chi connectivity index (χ3n) is 15.8. The number of fused-ring (bicyclic) bond motifs is 8. The molecule has 0 aromatic heterocycles. The van der Waals surface area contributed by atoms with Gasteiger partial charge in [0, 0.05) is 22.7 Å². The molecule has 3 heteroatoms. The lowest BCUT2D eigenvalue weighted by molar-refractivity contribution is 0.658.